The van der Waals surface area contributed by atoms with E-state index in [2.05, 4.69) is 6.92 Å². The van der Waals surface area contributed by atoms with Crippen LogP contribution in [-0.4, -0.2) is 5.97 Å². The molecule has 0 bridgehead atoms. The Morgan fingerprint density at radius 2 is 1.69 bits per heavy atom. The minimum absolute atomic E-state index is 0.246. The Hall–Kier alpha value is -1.59. The molecule has 0 spiro atoms. The summed E-state index contributed by atoms with van der Waals surface area (Å²) in [6.07, 6.45) is 12.3. The van der Waals surface area contributed by atoms with Crippen molar-refractivity contribution in [1.29, 1.82) is 0 Å². The van der Waals surface area contributed by atoms with E-state index in [1.54, 1.807) is 0 Å². The van der Waals surface area contributed by atoms with E-state index in [-0.39, 0.29) is 11.8 Å². The summed E-state index contributed by atoms with van der Waals surface area (Å²) in [4.78, 5) is 13.0. The highest BCUT2D eigenvalue weighted by atomic mass is 19.4. The third kappa shape index (κ3) is 6.60. The van der Waals surface area contributed by atoms with Crippen LogP contribution in [0.4, 0.5) is 17.6 Å². The smallest absolute Gasteiger partial charge is 0.416 e. The zero-order chi connectivity index (χ0) is 25.0. The first-order valence-electron chi connectivity index (χ1n) is 13.8. The standard InChI is InChI=1S/C29H40F4O2/c1-2-3-4-6-19-9-11-20(12-10-19)21-13-15-24-22(17-21)7-5-8-25(24)28(34)35-27-16-14-23(18-26(27)30)29(31,32)33/h14,16,18-22,24-25H,2-13,15,17H2,1H3. The summed E-state index contributed by atoms with van der Waals surface area (Å²) in [5.41, 5.74) is -1.08. The Morgan fingerprint density at radius 3 is 2.37 bits per heavy atom. The molecule has 4 rings (SSSR count). The number of halogens is 4. The fourth-order valence-corrected chi connectivity index (χ4v) is 7.30. The van der Waals surface area contributed by atoms with E-state index < -0.39 is 29.3 Å². The second-order valence-electron chi connectivity index (χ2n) is 11.4. The van der Waals surface area contributed by atoms with Crippen LogP contribution in [0, 0.1) is 41.3 Å². The SMILES string of the molecule is CCCCCC1CCC(C2CCC3C(CCCC3C(=O)Oc3ccc(C(F)(F)F)cc3F)C2)CC1. The van der Waals surface area contributed by atoms with Crippen molar-refractivity contribution in [3.05, 3.63) is 29.6 Å². The minimum atomic E-state index is -4.63. The minimum Gasteiger partial charge on any atom is -0.423 e. The molecule has 3 saturated carbocycles. The van der Waals surface area contributed by atoms with Gasteiger partial charge in [0.1, 0.15) is 0 Å². The van der Waals surface area contributed by atoms with Gasteiger partial charge < -0.3 is 4.74 Å². The Balaban J connectivity index is 1.30. The van der Waals surface area contributed by atoms with Crippen LogP contribution in [0.5, 0.6) is 5.75 Å². The number of hydrogen-bond acceptors (Lipinski definition) is 2. The lowest BCUT2D eigenvalue weighted by molar-refractivity contribution is -0.144. The van der Waals surface area contributed by atoms with Gasteiger partial charge in [0.25, 0.3) is 0 Å². The zero-order valence-electron chi connectivity index (χ0n) is 20.9. The number of carbonyl (C=O) groups is 1. The van der Waals surface area contributed by atoms with Crippen LogP contribution < -0.4 is 4.74 Å². The van der Waals surface area contributed by atoms with Gasteiger partial charge in [-0.25, -0.2) is 4.39 Å². The number of esters is 1. The van der Waals surface area contributed by atoms with E-state index in [9.17, 15) is 22.4 Å². The molecule has 3 aliphatic carbocycles. The van der Waals surface area contributed by atoms with Crippen LogP contribution in [0.3, 0.4) is 0 Å². The fraction of sp³-hybridized carbons (Fsp3) is 0.759. The lowest BCUT2D eigenvalue weighted by Crippen LogP contribution is -2.40. The average Bonchev–Trinajstić information content (AvgIpc) is 2.84. The number of fused-ring (bicyclic) bond motifs is 1. The molecule has 3 fully saturated rings. The average molecular weight is 497 g/mol. The topological polar surface area (TPSA) is 26.3 Å². The van der Waals surface area contributed by atoms with Crippen LogP contribution in [0.1, 0.15) is 102 Å². The molecule has 1 aromatic rings. The van der Waals surface area contributed by atoms with Crippen molar-refractivity contribution in [3.8, 4) is 5.75 Å². The van der Waals surface area contributed by atoms with Crippen LogP contribution in [0.2, 0.25) is 0 Å². The van der Waals surface area contributed by atoms with Gasteiger partial charge in [0.2, 0.25) is 0 Å². The van der Waals surface area contributed by atoms with Gasteiger partial charge in [-0.15, -0.1) is 0 Å². The van der Waals surface area contributed by atoms with Crippen LogP contribution in [0.25, 0.3) is 0 Å². The van der Waals surface area contributed by atoms with Crippen molar-refractivity contribution in [2.45, 2.75) is 103 Å². The van der Waals surface area contributed by atoms with Gasteiger partial charge in [0.05, 0.1) is 11.5 Å². The maximum Gasteiger partial charge on any atom is 0.416 e. The zero-order valence-corrected chi connectivity index (χ0v) is 20.9. The predicted molar refractivity (Wildman–Crippen MR) is 128 cm³/mol. The van der Waals surface area contributed by atoms with Crippen molar-refractivity contribution in [1.82, 2.24) is 0 Å². The first-order valence-corrected chi connectivity index (χ1v) is 13.8. The van der Waals surface area contributed by atoms with E-state index in [0.29, 0.717) is 12.0 Å². The molecule has 0 amide bonds. The number of ether oxygens (including phenoxy) is 1. The van der Waals surface area contributed by atoms with E-state index in [0.717, 1.165) is 62.0 Å². The molecule has 0 aromatic heterocycles. The number of carbonyl (C=O) groups excluding carboxylic acids is 1. The number of alkyl halides is 3. The molecule has 0 radical (unpaired) electrons. The maximum absolute atomic E-state index is 14.2. The van der Waals surface area contributed by atoms with E-state index in [4.69, 9.17) is 4.74 Å². The molecule has 0 saturated heterocycles. The van der Waals surface area contributed by atoms with Gasteiger partial charge in [-0.05, 0) is 86.3 Å². The third-order valence-electron chi connectivity index (χ3n) is 9.24. The van der Waals surface area contributed by atoms with E-state index in [1.807, 2.05) is 0 Å². The Morgan fingerprint density at radius 1 is 0.943 bits per heavy atom. The summed E-state index contributed by atoms with van der Waals surface area (Å²) < 4.78 is 58.0. The molecule has 0 N–H and O–H groups in total. The largest absolute Gasteiger partial charge is 0.423 e. The summed E-state index contributed by atoms with van der Waals surface area (Å²) in [5.74, 6) is 0.893. The summed E-state index contributed by atoms with van der Waals surface area (Å²) in [6, 6.07) is 2.08. The fourth-order valence-electron chi connectivity index (χ4n) is 7.30. The molecule has 0 heterocycles. The Bertz CT molecular complexity index is 844. The highest BCUT2D eigenvalue weighted by molar-refractivity contribution is 5.75. The van der Waals surface area contributed by atoms with Crippen LogP contribution in [-0.2, 0) is 11.0 Å². The van der Waals surface area contributed by atoms with Gasteiger partial charge in [-0.3, -0.25) is 4.79 Å². The molecule has 3 aliphatic rings. The van der Waals surface area contributed by atoms with Crippen LogP contribution >= 0.6 is 0 Å². The number of benzene rings is 1. The molecule has 35 heavy (non-hydrogen) atoms. The summed E-state index contributed by atoms with van der Waals surface area (Å²) in [5, 5.41) is 0. The lowest BCUT2D eigenvalue weighted by Gasteiger charge is -2.46. The normalized spacial score (nSPS) is 31.6. The van der Waals surface area contributed by atoms with Gasteiger partial charge in [0, 0.05) is 0 Å². The molecule has 6 heteroatoms. The van der Waals surface area contributed by atoms with Crippen LogP contribution in [0.15, 0.2) is 18.2 Å². The molecule has 4 atom stereocenters. The van der Waals surface area contributed by atoms with Crippen molar-refractivity contribution >= 4 is 5.97 Å². The summed E-state index contributed by atoms with van der Waals surface area (Å²) >= 11 is 0. The molecular formula is C29H40F4O2. The molecule has 1 aromatic carbocycles. The lowest BCUT2D eigenvalue weighted by atomic mass is 9.59. The van der Waals surface area contributed by atoms with Gasteiger partial charge in [-0.2, -0.15) is 13.2 Å². The Labute approximate surface area is 207 Å². The van der Waals surface area contributed by atoms with Crippen molar-refractivity contribution < 1.29 is 27.1 Å². The van der Waals surface area contributed by atoms with Gasteiger partial charge >= 0.3 is 12.1 Å². The van der Waals surface area contributed by atoms with Crippen molar-refractivity contribution in [2.24, 2.45) is 35.5 Å². The second-order valence-corrected chi connectivity index (χ2v) is 11.4. The molecule has 4 unspecified atom stereocenters. The number of hydrogen-bond donors (Lipinski definition) is 0. The first-order chi connectivity index (χ1) is 16.8. The second kappa shape index (κ2) is 11.6. The van der Waals surface area contributed by atoms with Crippen molar-refractivity contribution in [2.75, 3.05) is 0 Å². The molecule has 196 valence electrons. The van der Waals surface area contributed by atoms with Gasteiger partial charge in [0.15, 0.2) is 11.6 Å². The highest BCUT2D eigenvalue weighted by Crippen LogP contribution is 2.50. The van der Waals surface area contributed by atoms with E-state index in [1.165, 1.54) is 57.8 Å². The summed E-state index contributed by atoms with van der Waals surface area (Å²) in [7, 11) is 0. The molecular weight excluding hydrogens is 456 g/mol. The first kappa shape index (κ1) is 26.5. The predicted octanol–water partition coefficient (Wildman–Crippen LogP) is 8.97. The summed E-state index contributed by atoms with van der Waals surface area (Å²) in [6.45, 7) is 2.26. The van der Waals surface area contributed by atoms with E-state index >= 15 is 0 Å². The monoisotopic (exact) mass is 496 g/mol. The maximum atomic E-state index is 14.2. The molecule has 2 nitrogen and oxygen atoms in total. The van der Waals surface area contributed by atoms with Gasteiger partial charge in [-0.1, -0.05) is 58.3 Å². The quantitative estimate of drug-likeness (QED) is 0.163. The Kier molecular flexibility index (Phi) is 8.80. The van der Waals surface area contributed by atoms with Crippen molar-refractivity contribution in [3.63, 3.8) is 0 Å². The third-order valence-corrected chi connectivity index (χ3v) is 9.24. The highest BCUT2D eigenvalue weighted by Gasteiger charge is 2.43. The number of unbranched alkanes of at least 4 members (excludes halogenated alkanes) is 2. The molecule has 0 aliphatic heterocycles. The number of rotatable bonds is 7.